The van der Waals surface area contributed by atoms with Crippen LogP contribution in [0.25, 0.3) is 0 Å². The van der Waals surface area contributed by atoms with Gasteiger partial charge in [-0.1, -0.05) is 37.3 Å². The summed E-state index contributed by atoms with van der Waals surface area (Å²) in [5.41, 5.74) is 2.09. The van der Waals surface area contributed by atoms with E-state index in [0.29, 0.717) is 5.82 Å². The molecular weight excluding hydrogens is 302 g/mol. The second-order valence-electron chi connectivity index (χ2n) is 5.86. The Kier molecular flexibility index (Phi) is 5.43. The fraction of sp³-hybridized carbons (Fsp3) is 0.368. The summed E-state index contributed by atoms with van der Waals surface area (Å²) >= 11 is 0. The third-order valence-corrected chi connectivity index (χ3v) is 4.30. The molecule has 0 radical (unpaired) electrons. The zero-order valence-corrected chi connectivity index (χ0v) is 13.9. The average Bonchev–Trinajstić information content (AvgIpc) is 2.64. The van der Waals surface area contributed by atoms with Gasteiger partial charge in [-0.15, -0.1) is 0 Å². The lowest BCUT2D eigenvalue weighted by Gasteiger charge is -2.28. The molecule has 1 aromatic carbocycles. The summed E-state index contributed by atoms with van der Waals surface area (Å²) in [6.45, 7) is 5.26. The van der Waals surface area contributed by atoms with E-state index in [1.54, 1.807) is 0 Å². The molecule has 2 heterocycles. The zero-order chi connectivity index (χ0) is 16.8. The minimum atomic E-state index is -0.160. The number of hydrogen-bond acceptors (Lipinski definition) is 4. The molecule has 1 fully saturated rings. The first-order valence-corrected chi connectivity index (χ1v) is 8.42. The van der Waals surface area contributed by atoms with Crippen LogP contribution in [0.5, 0.6) is 0 Å². The third kappa shape index (κ3) is 3.92. The van der Waals surface area contributed by atoms with Gasteiger partial charge in [0.1, 0.15) is 5.82 Å². The molecule has 5 heteroatoms. The smallest absolute Gasteiger partial charge is 0.233 e. The van der Waals surface area contributed by atoms with Gasteiger partial charge in [0.05, 0.1) is 31.0 Å². The van der Waals surface area contributed by atoms with E-state index in [2.05, 4.69) is 15.2 Å². The van der Waals surface area contributed by atoms with Crippen molar-refractivity contribution < 1.29 is 9.53 Å². The molecule has 24 heavy (non-hydrogen) atoms. The van der Waals surface area contributed by atoms with Crippen LogP contribution in [0.4, 0.5) is 11.5 Å². The van der Waals surface area contributed by atoms with Crippen LogP contribution in [0.15, 0.2) is 48.7 Å². The Morgan fingerprint density at radius 3 is 2.58 bits per heavy atom. The van der Waals surface area contributed by atoms with E-state index in [1.165, 1.54) is 0 Å². The summed E-state index contributed by atoms with van der Waals surface area (Å²) in [5, 5.41) is 2.93. The molecular formula is C19H23N3O2. The van der Waals surface area contributed by atoms with Crippen LogP contribution < -0.4 is 10.2 Å². The van der Waals surface area contributed by atoms with Crippen molar-refractivity contribution >= 4 is 17.4 Å². The van der Waals surface area contributed by atoms with Gasteiger partial charge >= 0.3 is 0 Å². The van der Waals surface area contributed by atoms with Gasteiger partial charge in [0.15, 0.2) is 0 Å². The fourth-order valence-corrected chi connectivity index (χ4v) is 2.94. The molecule has 5 nitrogen and oxygen atoms in total. The van der Waals surface area contributed by atoms with Crippen molar-refractivity contribution in [1.82, 2.24) is 4.98 Å². The van der Waals surface area contributed by atoms with E-state index in [0.717, 1.165) is 44.0 Å². The van der Waals surface area contributed by atoms with Gasteiger partial charge in [0, 0.05) is 13.1 Å². The Morgan fingerprint density at radius 1 is 1.21 bits per heavy atom. The number of morpholine rings is 1. The Morgan fingerprint density at radius 2 is 1.96 bits per heavy atom. The van der Waals surface area contributed by atoms with Gasteiger partial charge < -0.3 is 15.0 Å². The predicted molar refractivity (Wildman–Crippen MR) is 95.4 cm³/mol. The quantitative estimate of drug-likeness (QED) is 0.918. The lowest BCUT2D eigenvalue weighted by Crippen LogP contribution is -2.36. The highest BCUT2D eigenvalue weighted by Crippen LogP contribution is 2.22. The molecule has 1 aliphatic rings. The molecule has 1 amide bonds. The largest absolute Gasteiger partial charge is 0.378 e. The van der Waals surface area contributed by atoms with E-state index in [9.17, 15) is 4.79 Å². The first-order valence-electron chi connectivity index (χ1n) is 8.42. The van der Waals surface area contributed by atoms with Crippen molar-refractivity contribution in [3.8, 4) is 0 Å². The summed E-state index contributed by atoms with van der Waals surface area (Å²) in [6.07, 6.45) is 2.56. The maximum absolute atomic E-state index is 12.6. The Balaban J connectivity index is 1.65. The molecule has 0 bridgehead atoms. The van der Waals surface area contributed by atoms with Crippen LogP contribution in [0.3, 0.4) is 0 Å². The van der Waals surface area contributed by atoms with Crippen LogP contribution in [0, 0.1) is 0 Å². The van der Waals surface area contributed by atoms with Crippen molar-refractivity contribution in [2.45, 2.75) is 19.3 Å². The minimum absolute atomic E-state index is 0.0182. The maximum atomic E-state index is 12.6. The lowest BCUT2D eigenvalue weighted by molar-refractivity contribution is -0.117. The second kappa shape index (κ2) is 7.93. The van der Waals surface area contributed by atoms with Crippen LogP contribution >= 0.6 is 0 Å². The van der Waals surface area contributed by atoms with Crippen molar-refractivity contribution in [3.63, 3.8) is 0 Å². The summed E-state index contributed by atoms with van der Waals surface area (Å²) in [7, 11) is 0. The number of ether oxygens (including phenoxy) is 1. The van der Waals surface area contributed by atoms with Gasteiger partial charge in [0.25, 0.3) is 0 Å². The molecule has 1 saturated heterocycles. The molecule has 1 N–H and O–H groups in total. The molecule has 1 aromatic heterocycles. The number of pyridine rings is 1. The minimum Gasteiger partial charge on any atom is -0.378 e. The Labute approximate surface area is 142 Å². The van der Waals surface area contributed by atoms with Crippen LogP contribution in [-0.4, -0.2) is 37.2 Å². The molecule has 1 aliphatic heterocycles. The van der Waals surface area contributed by atoms with Gasteiger partial charge in [0.2, 0.25) is 5.91 Å². The second-order valence-corrected chi connectivity index (χ2v) is 5.86. The predicted octanol–water partition coefficient (Wildman–Crippen LogP) is 3.05. The Bertz CT molecular complexity index is 652. The van der Waals surface area contributed by atoms with E-state index in [1.807, 2.05) is 55.6 Å². The molecule has 1 atom stereocenters. The number of carbonyl (C=O) groups is 1. The SMILES string of the molecule is CCC(C(=O)Nc1ccc(N2CCOCC2)cn1)c1ccccc1. The number of amides is 1. The van der Waals surface area contributed by atoms with Gasteiger partial charge in [-0.25, -0.2) is 4.98 Å². The van der Waals surface area contributed by atoms with E-state index in [4.69, 9.17) is 4.74 Å². The lowest BCUT2D eigenvalue weighted by atomic mass is 9.96. The van der Waals surface area contributed by atoms with Crippen molar-refractivity contribution in [1.29, 1.82) is 0 Å². The molecule has 0 spiro atoms. The summed E-state index contributed by atoms with van der Waals surface area (Å²) in [6, 6.07) is 13.7. The molecule has 126 valence electrons. The number of benzene rings is 1. The number of rotatable bonds is 5. The number of nitrogens with one attached hydrogen (secondary N) is 1. The van der Waals surface area contributed by atoms with Crippen molar-refractivity contribution in [3.05, 3.63) is 54.2 Å². The van der Waals surface area contributed by atoms with Gasteiger partial charge in [-0.2, -0.15) is 0 Å². The molecule has 2 aromatic rings. The molecule has 0 saturated carbocycles. The topological polar surface area (TPSA) is 54.5 Å². The third-order valence-electron chi connectivity index (χ3n) is 4.30. The number of carbonyl (C=O) groups excluding carboxylic acids is 1. The van der Waals surface area contributed by atoms with Crippen molar-refractivity contribution in [2.75, 3.05) is 36.5 Å². The Hall–Kier alpha value is -2.40. The summed E-state index contributed by atoms with van der Waals surface area (Å²) in [5.74, 6) is 0.411. The molecule has 0 aliphatic carbocycles. The zero-order valence-electron chi connectivity index (χ0n) is 13.9. The number of hydrogen-bond donors (Lipinski definition) is 1. The normalized spacial score (nSPS) is 15.8. The van der Waals surface area contributed by atoms with Gasteiger partial charge in [-0.05, 0) is 24.1 Å². The number of nitrogens with zero attached hydrogens (tertiary/aromatic N) is 2. The van der Waals surface area contributed by atoms with Crippen LogP contribution in [-0.2, 0) is 9.53 Å². The van der Waals surface area contributed by atoms with E-state index < -0.39 is 0 Å². The molecule has 1 unspecified atom stereocenters. The summed E-state index contributed by atoms with van der Waals surface area (Å²) in [4.78, 5) is 19.2. The maximum Gasteiger partial charge on any atom is 0.233 e. The standard InChI is InChI=1S/C19H23N3O2/c1-2-17(15-6-4-3-5-7-15)19(23)21-18-9-8-16(14-20-18)22-10-12-24-13-11-22/h3-9,14,17H,2,10-13H2,1H3,(H,20,21,23). The molecule has 3 rings (SSSR count). The highest BCUT2D eigenvalue weighted by atomic mass is 16.5. The van der Waals surface area contributed by atoms with E-state index >= 15 is 0 Å². The van der Waals surface area contributed by atoms with Crippen molar-refractivity contribution in [2.24, 2.45) is 0 Å². The number of anilines is 2. The monoisotopic (exact) mass is 325 g/mol. The highest BCUT2D eigenvalue weighted by molar-refractivity contribution is 5.95. The summed E-state index contributed by atoms with van der Waals surface area (Å²) < 4.78 is 5.36. The van der Waals surface area contributed by atoms with Crippen LogP contribution in [0.1, 0.15) is 24.8 Å². The average molecular weight is 325 g/mol. The first-order chi connectivity index (χ1) is 11.8. The highest BCUT2D eigenvalue weighted by Gasteiger charge is 2.19. The fourth-order valence-electron chi connectivity index (χ4n) is 2.94. The van der Waals surface area contributed by atoms with Gasteiger partial charge in [-0.3, -0.25) is 4.79 Å². The first kappa shape index (κ1) is 16.5. The number of aromatic nitrogens is 1. The van der Waals surface area contributed by atoms with Crippen LogP contribution in [0.2, 0.25) is 0 Å². The van der Waals surface area contributed by atoms with E-state index in [-0.39, 0.29) is 11.8 Å².